The summed E-state index contributed by atoms with van der Waals surface area (Å²) in [5, 5.41) is 22.2. The largest absolute Gasteiger partial charge is 0.477 e. The fourth-order valence-corrected chi connectivity index (χ4v) is 9.10. The van der Waals surface area contributed by atoms with Crippen LogP contribution in [0.2, 0.25) is 25.7 Å². The van der Waals surface area contributed by atoms with E-state index in [2.05, 4.69) is 40.9 Å². The number of fused-ring (bicyclic) bond motifs is 1. The molecule has 5 rings (SSSR count). The second kappa shape index (κ2) is 22.1. The Morgan fingerprint density at radius 2 is 1.58 bits per heavy atom. The van der Waals surface area contributed by atoms with E-state index < -0.39 is 49.1 Å². The molecule has 1 aliphatic heterocycles. The fourth-order valence-electron chi connectivity index (χ4n) is 7.37. The summed E-state index contributed by atoms with van der Waals surface area (Å²) in [5.74, 6) is -2.01. The molecule has 1 saturated heterocycles. The van der Waals surface area contributed by atoms with Crippen LogP contribution >= 0.6 is 0 Å². The van der Waals surface area contributed by atoms with E-state index in [4.69, 9.17) is 15.2 Å². The van der Waals surface area contributed by atoms with Crippen molar-refractivity contribution in [2.75, 3.05) is 56.0 Å². The molecular weight excluding hydrogens is 816 g/mol. The van der Waals surface area contributed by atoms with Gasteiger partial charge in [0.25, 0.3) is 0 Å². The van der Waals surface area contributed by atoms with E-state index in [1.165, 1.54) is 6.20 Å². The van der Waals surface area contributed by atoms with Crippen LogP contribution in [0.4, 0.5) is 30.1 Å². The van der Waals surface area contributed by atoms with E-state index in [1.54, 1.807) is 20.4 Å². The van der Waals surface area contributed by atoms with Crippen LogP contribution in [0.1, 0.15) is 41.3 Å². The third kappa shape index (κ3) is 13.9. The molecule has 1 aromatic heterocycles. The Balaban J connectivity index is 1.11. The Morgan fingerprint density at radius 1 is 0.903 bits per heavy atom. The average Bonchev–Trinajstić information content (AvgIpc) is 3.24. The Morgan fingerprint density at radius 3 is 2.23 bits per heavy atom. The van der Waals surface area contributed by atoms with Crippen molar-refractivity contribution in [1.82, 2.24) is 25.4 Å². The number of rotatable bonds is 20. The van der Waals surface area contributed by atoms with E-state index >= 15 is 4.39 Å². The standard InChI is InChI=1S/C44H59FN8O8Si/c1-5-51-26-36(41(55)56)40(54)35-22-37(45)39(23-38(35)51)52-18-20-53(21-19-52)44(59)61-28-31-13-15-32(16-14-31)48-24-33(12-9-17-47-42(46)57)49-25-34(29-62(2,3)4)50-43(58)60-27-30-10-7-6-8-11-30/h6-8,10-11,13-16,22-23,26,33-34,48-49H,5,9,12,17-21,24-25,27-29H2,1-4H3,(H,50,58)(H,55,56)(H3,46,47,57)/t33-,34-/m0/s1. The summed E-state index contributed by atoms with van der Waals surface area (Å²) in [4.78, 5) is 64.8. The summed E-state index contributed by atoms with van der Waals surface area (Å²) >= 11 is 0. The molecule has 16 nitrogen and oxygen atoms in total. The molecule has 3 aromatic carbocycles. The molecule has 7 N–H and O–H groups in total. The minimum Gasteiger partial charge on any atom is -0.477 e. The Bertz CT molecular complexity index is 2210. The van der Waals surface area contributed by atoms with E-state index in [1.807, 2.05) is 61.5 Å². The number of aryl methyl sites for hydroxylation is 1. The molecule has 0 saturated carbocycles. The highest BCUT2D eigenvalue weighted by Crippen LogP contribution is 2.27. The molecule has 1 fully saturated rings. The smallest absolute Gasteiger partial charge is 0.410 e. The number of urea groups is 1. The Hall–Kier alpha value is -6.14. The number of amides is 4. The van der Waals surface area contributed by atoms with Crippen molar-refractivity contribution < 1.29 is 38.1 Å². The molecular formula is C44H59FN8O8Si. The lowest BCUT2D eigenvalue weighted by Gasteiger charge is -2.35. The van der Waals surface area contributed by atoms with Crippen molar-refractivity contribution in [2.45, 2.75) is 77.3 Å². The van der Waals surface area contributed by atoms with Gasteiger partial charge in [0, 0.05) is 89.8 Å². The molecule has 2 atom stereocenters. The molecule has 0 radical (unpaired) electrons. The van der Waals surface area contributed by atoms with Crippen LogP contribution in [0.3, 0.4) is 0 Å². The summed E-state index contributed by atoms with van der Waals surface area (Å²) in [6.07, 6.45) is 1.74. The normalized spacial score (nSPS) is 13.9. The first-order valence-electron chi connectivity index (χ1n) is 20.9. The van der Waals surface area contributed by atoms with Gasteiger partial charge in [0.05, 0.1) is 11.2 Å². The number of aromatic nitrogens is 1. The highest BCUT2D eigenvalue weighted by molar-refractivity contribution is 6.76. The molecule has 4 aromatic rings. The Kier molecular flexibility index (Phi) is 16.7. The number of hydrogen-bond donors (Lipinski definition) is 6. The fraction of sp³-hybridized carbons (Fsp3) is 0.432. The zero-order valence-corrected chi connectivity index (χ0v) is 36.9. The van der Waals surface area contributed by atoms with Gasteiger partial charge < -0.3 is 55.9 Å². The van der Waals surface area contributed by atoms with Crippen LogP contribution in [0.15, 0.2) is 77.7 Å². The molecule has 62 heavy (non-hydrogen) atoms. The first-order chi connectivity index (χ1) is 29.6. The number of piperazine rings is 1. The predicted molar refractivity (Wildman–Crippen MR) is 240 cm³/mol. The maximum absolute atomic E-state index is 15.4. The van der Waals surface area contributed by atoms with Gasteiger partial charge in [0.2, 0.25) is 5.43 Å². The van der Waals surface area contributed by atoms with Crippen molar-refractivity contribution in [3.05, 3.63) is 106 Å². The number of carboxylic acids is 1. The summed E-state index contributed by atoms with van der Waals surface area (Å²) in [6, 6.07) is 19.9. The van der Waals surface area contributed by atoms with Crippen LogP contribution in [-0.2, 0) is 29.2 Å². The zero-order valence-electron chi connectivity index (χ0n) is 35.9. The number of pyridine rings is 1. The van der Waals surface area contributed by atoms with Crippen LogP contribution < -0.4 is 37.3 Å². The van der Waals surface area contributed by atoms with E-state index in [-0.39, 0.29) is 36.4 Å². The molecule has 0 bridgehead atoms. The van der Waals surface area contributed by atoms with Crippen molar-refractivity contribution in [1.29, 1.82) is 0 Å². The van der Waals surface area contributed by atoms with Crippen LogP contribution in [0, 0.1) is 5.82 Å². The summed E-state index contributed by atoms with van der Waals surface area (Å²) < 4.78 is 28.1. The van der Waals surface area contributed by atoms with Crippen molar-refractivity contribution in [3.8, 4) is 0 Å². The monoisotopic (exact) mass is 874 g/mol. The summed E-state index contributed by atoms with van der Waals surface area (Å²) in [6.45, 7) is 12.0. The lowest BCUT2D eigenvalue weighted by atomic mass is 10.1. The van der Waals surface area contributed by atoms with Gasteiger partial charge >= 0.3 is 24.2 Å². The third-order valence-electron chi connectivity index (χ3n) is 10.5. The van der Waals surface area contributed by atoms with Crippen LogP contribution in [-0.4, -0.2) is 105 Å². The van der Waals surface area contributed by atoms with E-state index in [9.17, 15) is 29.1 Å². The highest BCUT2D eigenvalue weighted by Gasteiger charge is 2.26. The molecule has 0 aliphatic carbocycles. The predicted octanol–water partition coefficient (Wildman–Crippen LogP) is 5.77. The molecule has 4 amide bonds. The summed E-state index contributed by atoms with van der Waals surface area (Å²) in [7, 11) is -1.58. The maximum atomic E-state index is 15.4. The second-order valence-corrected chi connectivity index (χ2v) is 22.1. The number of nitrogens with one attached hydrogen (secondary N) is 4. The first-order valence-corrected chi connectivity index (χ1v) is 24.6. The molecule has 0 unspecified atom stereocenters. The molecule has 1 aliphatic rings. The van der Waals surface area contributed by atoms with Crippen molar-refractivity contribution >= 4 is 54.5 Å². The number of nitrogens with two attached hydrogens (primary N) is 1. The topological polar surface area (TPSA) is 210 Å². The van der Waals surface area contributed by atoms with Gasteiger partial charge in [-0.1, -0.05) is 62.1 Å². The van der Waals surface area contributed by atoms with E-state index in [0.717, 1.165) is 35.3 Å². The number of benzene rings is 3. The van der Waals surface area contributed by atoms with Gasteiger partial charge in [-0.05, 0) is 61.2 Å². The minimum absolute atomic E-state index is 0.00187. The van der Waals surface area contributed by atoms with Gasteiger partial charge in [-0.15, -0.1) is 0 Å². The van der Waals surface area contributed by atoms with Gasteiger partial charge in [-0.25, -0.2) is 23.6 Å². The number of halogens is 1. The number of hydrogen-bond acceptors (Lipinski definition) is 10. The summed E-state index contributed by atoms with van der Waals surface area (Å²) in [5.41, 5.74) is 7.38. The number of aromatic carboxylic acids is 1. The van der Waals surface area contributed by atoms with Gasteiger partial charge in [0.15, 0.2) is 0 Å². The minimum atomic E-state index is -1.58. The molecule has 2 heterocycles. The maximum Gasteiger partial charge on any atom is 0.410 e. The van der Waals surface area contributed by atoms with Crippen molar-refractivity contribution in [3.63, 3.8) is 0 Å². The number of carbonyl (C=O) groups excluding carboxylic acids is 3. The first kappa shape index (κ1) is 46.9. The quantitative estimate of drug-likeness (QED) is 0.0464. The average molecular weight is 875 g/mol. The number of anilines is 2. The number of nitrogens with zero attached hydrogens (tertiary/aromatic N) is 3. The van der Waals surface area contributed by atoms with Crippen LogP contribution in [0.25, 0.3) is 10.9 Å². The third-order valence-corrected chi connectivity index (χ3v) is 12.3. The molecule has 18 heteroatoms. The number of alkyl carbamates (subject to hydrolysis) is 1. The number of carbonyl (C=O) groups is 4. The SMILES string of the molecule is CCn1cc(C(=O)O)c(=O)c2cc(F)c(N3CCN(C(=O)OCc4ccc(NC[C@H](CCCNC(N)=O)NC[C@@H](C[Si](C)(C)C)NC(=O)OCc5ccccc5)cc4)CC3)cc21. The van der Waals surface area contributed by atoms with Gasteiger partial charge in [0.1, 0.15) is 24.6 Å². The molecule has 334 valence electrons. The Labute approximate surface area is 361 Å². The van der Waals surface area contributed by atoms with Gasteiger partial charge in [-0.3, -0.25) is 4.79 Å². The lowest BCUT2D eigenvalue weighted by Crippen LogP contribution is -2.49. The lowest BCUT2D eigenvalue weighted by molar-refractivity contribution is 0.0694. The van der Waals surface area contributed by atoms with Crippen molar-refractivity contribution in [2.24, 2.45) is 5.73 Å². The number of ether oxygens (including phenoxy) is 2. The van der Waals surface area contributed by atoms with Gasteiger partial charge in [-0.2, -0.15) is 0 Å². The highest BCUT2D eigenvalue weighted by atomic mass is 28.3. The number of carboxylic acid groups (broad SMARTS) is 1. The molecule has 0 spiro atoms. The number of primary amides is 1. The zero-order chi connectivity index (χ0) is 44.8. The second-order valence-electron chi connectivity index (χ2n) is 16.6. The van der Waals surface area contributed by atoms with E-state index in [0.29, 0.717) is 64.3 Å². The van der Waals surface area contributed by atoms with Crippen LogP contribution in [0.5, 0.6) is 0 Å².